The van der Waals surface area contributed by atoms with Crippen molar-refractivity contribution in [2.24, 2.45) is 5.92 Å². The molecule has 1 aliphatic rings. The zero-order valence-corrected chi connectivity index (χ0v) is 11.1. The average Bonchev–Trinajstić information content (AvgIpc) is 2.86. The van der Waals surface area contributed by atoms with E-state index in [-0.39, 0.29) is 18.6 Å². The SMILES string of the molecule is Cc1noc(C)c1CC(=O)N1CCC(C)C1CO. The maximum absolute atomic E-state index is 12.3. The van der Waals surface area contributed by atoms with Gasteiger partial charge in [0.15, 0.2) is 0 Å². The summed E-state index contributed by atoms with van der Waals surface area (Å²) >= 11 is 0. The summed E-state index contributed by atoms with van der Waals surface area (Å²) < 4.78 is 5.06. The first-order chi connectivity index (χ1) is 8.54. The van der Waals surface area contributed by atoms with Gasteiger partial charge < -0.3 is 14.5 Å². The van der Waals surface area contributed by atoms with Gasteiger partial charge in [-0.2, -0.15) is 0 Å². The normalized spacial score (nSPS) is 23.7. The molecule has 5 nitrogen and oxygen atoms in total. The molecule has 1 aromatic rings. The van der Waals surface area contributed by atoms with Crippen LogP contribution >= 0.6 is 0 Å². The van der Waals surface area contributed by atoms with E-state index in [9.17, 15) is 9.90 Å². The largest absolute Gasteiger partial charge is 0.394 e. The molecule has 0 saturated carbocycles. The van der Waals surface area contributed by atoms with Crippen molar-refractivity contribution in [3.63, 3.8) is 0 Å². The van der Waals surface area contributed by atoms with Gasteiger partial charge in [0.05, 0.1) is 24.8 Å². The monoisotopic (exact) mass is 252 g/mol. The van der Waals surface area contributed by atoms with Gasteiger partial charge in [-0.15, -0.1) is 0 Å². The van der Waals surface area contributed by atoms with Crippen LogP contribution in [0.25, 0.3) is 0 Å². The average molecular weight is 252 g/mol. The zero-order chi connectivity index (χ0) is 13.3. The van der Waals surface area contributed by atoms with Gasteiger partial charge in [-0.05, 0) is 26.2 Å². The standard InChI is InChI=1S/C13H20N2O3/c1-8-4-5-15(12(8)7-16)13(17)6-11-9(2)14-18-10(11)3/h8,12,16H,4-7H2,1-3H3. The fraction of sp³-hybridized carbons (Fsp3) is 0.692. The number of hydrogen-bond donors (Lipinski definition) is 1. The van der Waals surface area contributed by atoms with E-state index >= 15 is 0 Å². The molecule has 0 bridgehead atoms. The van der Waals surface area contributed by atoms with E-state index in [0.717, 1.165) is 24.2 Å². The highest BCUT2D eigenvalue weighted by molar-refractivity contribution is 5.79. The molecule has 1 fully saturated rings. The van der Waals surface area contributed by atoms with Crippen LogP contribution in [0.15, 0.2) is 4.52 Å². The molecule has 0 aliphatic carbocycles. The summed E-state index contributed by atoms with van der Waals surface area (Å²) in [6.45, 7) is 6.50. The summed E-state index contributed by atoms with van der Waals surface area (Å²) in [6.07, 6.45) is 1.27. The molecule has 18 heavy (non-hydrogen) atoms. The highest BCUT2D eigenvalue weighted by Crippen LogP contribution is 2.25. The van der Waals surface area contributed by atoms with Crippen molar-refractivity contribution in [1.82, 2.24) is 10.1 Å². The van der Waals surface area contributed by atoms with E-state index in [0.29, 0.717) is 18.1 Å². The maximum Gasteiger partial charge on any atom is 0.227 e. The van der Waals surface area contributed by atoms with Gasteiger partial charge in [-0.25, -0.2) is 0 Å². The van der Waals surface area contributed by atoms with Gasteiger partial charge in [0.2, 0.25) is 5.91 Å². The maximum atomic E-state index is 12.3. The summed E-state index contributed by atoms with van der Waals surface area (Å²) in [5.41, 5.74) is 1.64. The van der Waals surface area contributed by atoms with Crippen LogP contribution in [0, 0.1) is 19.8 Å². The molecular formula is C13H20N2O3. The molecule has 2 rings (SSSR count). The van der Waals surface area contributed by atoms with Crippen LogP contribution in [-0.4, -0.2) is 40.3 Å². The predicted molar refractivity (Wildman–Crippen MR) is 66.0 cm³/mol. The second-order valence-electron chi connectivity index (χ2n) is 5.08. The fourth-order valence-electron chi connectivity index (χ4n) is 2.60. The van der Waals surface area contributed by atoms with Gasteiger partial charge in [-0.1, -0.05) is 12.1 Å². The van der Waals surface area contributed by atoms with Gasteiger partial charge in [0.25, 0.3) is 0 Å². The van der Waals surface area contributed by atoms with Gasteiger partial charge in [-0.3, -0.25) is 4.79 Å². The highest BCUT2D eigenvalue weighted by atomic mass is 16.5. The molecule has 1 N–H and O–H groups in total. The van der Waals surface area contributed by atoms with Gasteiger partial charge in [0, 0.05) is 12.1 Å². The first-order valence-corrected chi connectivity index (χ1v) is 6.36. The Bertz CT molecular complexity index is 422. The lowest BCUT2D eigenvalue weighted by atomic mass is 10.0. The number of aliphatic hydroxyl groups excluding tert-OH is 1. The Morgan fingerprint density at radius 2 is 2.28 bits per heavy atom. The number of aromatic nitrogens is 1. The topological polar surface area (TPSA) is 66.6 Å². The summed E-state index contributed by atoms with van der Waals surface area (Å²) in [5, 5.41) is 13.2. The number of aliphatic hydroxyl groups is 1. The van der Waals surface area contributed by atoms with E-state index in [2.05, 4.69) is 12.1 Å². The molecule has 1 amide bonds. The van der Waals surface area contributed by atoms with E-state index < -0.39 is 0 Å². The van der Waals surface area contributed by atoms with Crippen molar-refractivity contribution in [3.8, 4) is 0 Å². The summed E-state index contributed by atoms with van der Waals surface area (Å²) in [6, 6.07) is -0.0435. The number of carbonyl (C=O) groups excluding carboxylic acids is 1. The molecule has 0 spiro atoms. The van der Waals surface area contributed by atoms with Crippen LogP contribution in [0.5, 0.6) is 0 Å². The third-order valence-electron chi connectivity index (χ3n) is 3.90. The minimum atomic E-state index is -0.0435. The van der Waals surface area contributed by atoms with Crippen molar-refractivity contribution in [1.29, 1.82) is 0 Å². The number of hydrogen-bond acceptors (Lipinski definition) is 4. The summed E-state index contributed by atoms with van der Waals surface area (Å²) in [5.74, 6) is 1.12. The Balaban J connectivity index is 2.09. The quantitative estimate of drug-likeness (QED) is 0.873. The molecule has 2 heterocycles. The Morgan fingerprint density at radius 3 is 2.83 bits per heavy atom. The molecule has 2 atom stereocenters. The lowest BCUT2D eigenvalue weighted by Gasteiger charge is -2.25. The van der Waals surface area contributed by atoms with Crippen molar-refractivity contribution in [3.05, 3.63) is 17.0 Å². The zero-order valence-electron chi connectivity index (χ0n) is 11.1. The summed E-state index contributed by atoms with van der Waals surface area (Å²) in [4.78, 5) is 14.1. The number of nitrogens with zero attached hydrogens (tertiary/aromatic N) is 2. The van der Waals surface area contributed by atoms with Crippen molar-refractivity contribution < 1.29 is 14.4 Å². The molecule has 100 valence electrons. The molecule has 1 aromatic heterocycles. The third kappa shape index (κ3) is 2.27. The first-order valence-electron chi connectivity index (χ1n) is 6.36. The number of aryl methyl sites for hydroxylation is 2. The highest BCUT2D eigenvalue weighted by Gasteiger charge is 2.34. The van der Waals surface area contributed by atoms with Gasteiger partial charge >= 0.3 is 0 Å². The van der Waals surface area contributed by atoms with E-state index in [1.165, 1.54) is 0 Å². The fourth-order valence-corrected chi connectivity index (χ4v) is 2.60. The Hall–Kier alpha value is -1.36. The van der Waals surface area contributed by atoms with E-state index in [1.807, 2.05) is 13.8 Å². The third-order valence-corrected chi connectivity index (χ3v) is 3.90. The second kappa shape index (κ2) is 5.10. The molecule has 0 radical (unpaired) electrons. The van der Waals surface area contributed by atoms with E-state index in [1.54, 1.807) is 4.90 Å². The Kier molecular flexibility index (Phi) is 3.71. The molecular weight excluding hydrogens is 232 g/mol. The Labute approximate surface area is 107 Å². The molecule has 2 unspecified atom stereocenters. The minimum Gasteiger partial charge on any atom is -0.394 e. The van der Waals surface area contributed by atoms with Crippen molar-refractivity contribution >= 4 is 5.91 Å². The van der Waals surface area contributed by atoms with Crippen LogP contribution in [0.1, 0.15) is 30.4 Å². The molecule has 1 aliphatic heterocycles. The lowest BCUT2D eigenvalue weighted by Crippen LogP contribution is -2.40. The van der Waals surface area contributed by atoms with Crippen LogP contribution < -0.4 is 0 Å². The van der Waals surface area contributed by atoms with Crippen LogP contribution in [0.4, 0.5) is 0 Å². The van der Waals surface area contributed by atoms with E-state index in [4.69, 9.17) is 4.52 Å². The Morgan fingerprint density at radius 1 is 1.56 bits per heavy atom. The smallest absolute Gasteiger partial charge is 0.227 e. The van der Waals surface area contributed by atoms with Crippen LogP contribution in [0.2, 0.25) is 0 Å². The van der Waals surface area contributed by atoms with Gasteiger partial charge in [0.1, 0.15) is 5.76 Å². The number of likely N-dealkylation sites (tertiary alicyclic amines) is 1. The van der Waals surface area contributed by atoms with Crippen molar-refractivity contribution in [2.45, 2.75) is 39.7 Å². The number of amides is 1. The molecule has 5 heteroatoms. The van der Waals surface area contributed by atoms with Crippen LogP contribution in [-0.2, 0) is 11.2 Å². The van der Waals surface area contributed by atoms with Crippen LogP contribution in [0.3, 0.4) is 0 Å². The number of rotatable bonds is 3. The minimum absolute atomic E-state index is 0.0362. The molecule has 1 saturated heterocycles. The lowest BCUT2D eigenvalue weighted by molar-refractivity contribution is -0.132. The summed E-state index contributed by atoms with van der Waals surface area (Å²) in [7, 11) is 0. The predicted octanol–water partition coefficient (Wildman–Crippen LogP) is 1.06. The second-order valence-corrected chi connectivity index (χ2v) is 5.08. The molecule has 0 aromatic carbocycles. The number of carbonyl (C=O) groups is 1. The van der Waals surface area contributed by atoms with Crippen molar-refractivity contribution in [2.75, 3.05) is 13.2 Å². The first kappa shape index (κ1) is 13.1.